The molecule has 2 rings (SSSR count). The zero-order valence-electron chi connectivity index (χ0n) is 9.24. The van der Waals surface area contributed by atoms with Gasteiger partial charge in [0.25, 0.3) is 0 Å². The lowest BCUT2D eigenvalue weighted by molar-refractivity contribution is 0.261. The van der Waals surface area contributed by atoms with E-state index in [-0.39, 0.29) is 0 Å². The fourth-order valence-corrected chi connectivity index (χ4v) is 2.15. The predicted octanol–water partition coefficient (Wildman–Crippen LogP) is 1.77. The van der Waals surface area contributed by atoms with E-state index >= 15 is 0 Å². The lowest BCUT2D eigenvalue weighted by Gasteiger charge is -2.30. The van der Waals surface area contributed by atoms with Crippen LogP contribution in [0.25, 0.3) is 0 Å². The van der Waals surface area contributed by atoms with Crippen LogP contribution in [0.4, 0.5) is 11.4 Å². The minimum Gasteiger partial charge on any atom is -0.399 e. The molecule has 82 valence electrons. The second kappa shape index (κ2) is 4.53. The highest BCUT2D eigenvalue weighted by Crippen LogP contribution is 2.17. The summed E-state index contributed by atoms with van der Waals surface area (Å²) >= 11 is 0. The van der Waals surface area contributed by atoms with E-state index in [4.69, 9.17) is 5.73 Å². The highest BCUT2D eigenvalue weighted by Gasteiger charge is 2.16. The van der Waals surface area contributed by atoms with Gasteiger partial charge in [-0.3, -0.25) is 0 Å². The second-order valence-electron chi connectivity index (χ2n) is 4.37. The molecule has 1 aromatic rings. The molecule has 1 atom stereocenters. The van der Waals surface area contributed by atoms with Gasteiger partial charge in [0.15, 0.2) is 0 Å². The van der Waals surface area contributed by atoms with Crippen molar-refractivity contribution in [3.05, 3.63) is 24.3 Å². The van der Waals surface area contributed by atoms with Gasteiger partial charge in [-0.25, -0.2) is 0 Å². The van der Waals surface area contributed by atoms with Gasteiger partial charge in [-0.15, -0.1) is 0 Å². The number of piperidine rings is 1. The number of likely N-dealkylation sites (N-methyl/N-ethyl adjacent to an activating group) is 1. The Hall–Kier alpha value is -1.22. The average Bonchev–Trinajstić information content (AvgIpc) is 2.17. The highest BCUT2D eigenvalue weighted by atomic mass is 15.1. The van der Waals surface area contributed by atoms with Gasteiger partial charge in [0, 0.05) is 24.0 Å². The monoisotopic (exact) mass is 205 g/mol. The molecule has 0 spiro atoms. The van der Waals surface area contributed by atoms with E-state index in [1.54, 1.807) is 0 Å². The Kier molecular flexibility index (Phi) is 3.11. The SMILES string of the molecule is CN1CCCC(Nc2cccc(N)c2)C1. The Labute approximate surface area is 91.3 Å². The minimum absolute atomic E-state index is 0.561. The molecule has 1 heterocycles. The van der Waals surface area contributed by atoms with Crippen LogP contribution in [-0.4, -0.2) is 31.1 Å². The molecular formula is C12H19N3. The van der Waals surface area contributed by atoms with Crippen molar-refractivity contribution in [3.8, 4) is 0 Å². The van der Waals surface area contributed by atoms with E-state index < -0.39 is 0 Å². The van der Waals surface area contributed by atoms with Gasteiger partial charge in [-0.1, -0.05) is 6.07 Å². The zero-order chi connectivity index (χ0) is 10.7. The standard InChI is InChI=1S/C12H19N3/c1-15-7-3-6-12(9-15)14-11-5-2-4-10(13)8-11/h2,4-5,8,12,14H,3,6-7,9,13H2,1H3. The van der Waals surface area contributed by atoms with Crippen molar-refractivity contribution in [1.82, 2.24) is 4.90 Å². The molecule has 1 saturated heterocycles. The number of anilines is 2. The molecular weight excluding hydrogens is 186 g/mol. The molecule has 0 aromatic heterocycles. The number of nitrogens with two attached hydrogens (primary N) is 1. The van der Waals surface area contributed by atoms with Crippen molar-refractivity contribution in [2.45, 2.75) is 18.9 Å². The number of hydrogen-bond acceptors (Lipinski definition) is 3. The van der Waals surface area contributed by atoms with Gasteiger partial charge in [0.05, 0.1) is 0 Å². The first-order valence-electron chi connectivity index (χ1n) is 5.54. The average molecular weight is 205 g/mol. The molecule has 0 aliphatic carbocycles. The van der Waals surface area contributed by atoms with Crippen molar-refractivity contribution in [2.24, 2.45) is 0 Å². The van der Waals surface area contributed by atoms with E-state index in [1.165, 1.54) is 19.4 Å². The quantitative estimate of drug-likeness (QED) is 0.723. The van der Waals surface area contributed by atoms with Crippen LogP contribution in [-0.2, 0) is 0 Å². The van der Waals surface area contributed by atoms with Crippen molar-refractivity contribution < 1.29 is 0 Å². The third-order valence-corrected chi connectivity index (χ3v) is 2.88. The summed E-state index contributed by atoms with van der Waals surface area (Å²) in [6.07, 6.45) is 2.52. The third kappa shape index (κ3) is 2.86. The summed E-state index contributed by atoms with van der Waals surface area (Å²) in [5, 5.41) is 3.53. The summed E-state index contributed by atoms with van der Waals surface area (Å²) in [7, 11) is 2.17. The fourth-order valence-electron chi connectivity index (χ4n) is 2.15. The van der Waals surface area contributed by atoms with Crippen molar-refractivity contribution >= 4 is 11.4 Å². The summed E-state index contributed by atoms with van der Waals surface area (Å²) in [5.74, 6) is 0. The predicted molar refractivity (Wildman–Crippen MR) is 65.0 cm³/mol. The Bertz CT molecular complexity index is 324. The highest BCUT2D eigenvalue weighted by molar-refractivity contribution is 5.54. The van der Waals surface area contributed by atoms with Crippen LogP contribution in [0.1, 0.15) is 12.8 Å². The van der Waals surface area contributed by atoms with Gasteiger partial charge in [0.2, 0.25) is 0 Å². The normalized spacial score (nSPS) is 22.6. The van der Waals surface area contributed by atoms with Crippen LogP contribution < -0.4 is 11.1 Å². The number of nitrogens with one attached hydrogen (secondary N) is 1. The zero-order valence-corrected chi connectivity index (χ0v) is 9.24. The van der Waals surface area contributed by atoms with E-state index in [0.29, 0.717) is 6.04 Å². The van der Waals surface area contributed by atoms with Crippen LogP contribution in [0.5, 0.6) is 0 Å². The van der Waals surface area contributed by atoms with Crippen LogP contribution >= 0.6 is 0 Å². The molecule has 15 heavy (non-hydrogen) atoms. The van der Waals surface area contributed by atoms with E-state index in [0.717, 1.165) is 17.9 Å². The van der Waals surface area contributed by atoms with E-state index in [2.05, 4.69) is 23.3 Å². The Morgan fingerprint density at radius 2 is 2.33 bits per heavy atom. The summed E-state index contributed by atoms with van der Waals surface area (Å²) < 4.78 is 0. The van der Waals surface area contributed by atoms with Gasteiger partial charge < -0.3 is 16.0 Å². The molecule has 1 aliphatic heterocycles. The molecule has 1 fully saturated rings. The smallest absolute Gasteiger partial charge is 0.0388 e. The van der Waals surface area contributed by atoms with Crippen molar-refractivity contribution in [3.63, 3.8) is 0 Å². The molecule has 0 radical (unpaired) electrons. The fraction of sp³-hybridized carbons (Fsp3) is 0.500. The van der Waals surface area contributed by atoms with Crippen molar-refractivity contribution in [1.29, 1.82) is 0 Å². The number of hydrogen-bond donors (Lipinski definition) is 2. The van der Waals surface area contributed by atoms with Gasteiger partial charge >= 0.3 is 0 Å². The Morgan fingerprint density at radius 1 is 1.47 bits per heavy atom. The number of benzene rings is 1. The van der Waals surface area contributed by atoms with Gasteiger partial charge in [0.1, 0.15) is 0 Å². The number of nitrogen functional groups attached to an aromatic ring is 1. The maximum Gasteiger partial charge on any atom is 0.0388 e. The number of likely N-dealkylation sites (tertiary alicyclic amines) is 1. The molecule has 0 saturated carbocycles. The number of nitrogens with zero attached hydrogens (tertiary/aromatic N) is 1. The summed E-state index contributed by atoms with van der Waals surface area (Å²) in [6, 6.07) is 8.53. The maximum atomic E-state index is 5.74. The molecule has 1 aromatic carbocycles. The lowest BCUT2D eigenvalue weighted by Crippen LogP contribution is -2.39. The van der Waals surface area contributed by atoms with Crippen LogP contribution in [0.3, 0.4) is 0 Å². The summed E-state index contributed by atoms with van der Waals surface area (Å²) in [4.78, 5) is 2.37. The molecule has 3 heteroatoms. The van der Waals surface area contributed by atoms with Crippen LogP contribution in [0.15, 0.2) is 24.3 Å². The molecule has 1 unspecified atom stereocenters. The Balaban J connectivity index is 1.96. The van der Waals surface area contributed by atoms with Gasteiger partial charge in [-0.2, -0.15) is 0 Å². The van der Waals surface area contributed by atoms with Crippen LogP contribution in [0.2, 0.25) is 0 Å². The first-order chi connectivity index (χ1) is 7.24. The topological polar surface area (TPSA) is 41.3 Å². The summed E-state index contributed by atoms with van der Waals surface area (Å²) in [5.41, 5.74) is 7.70. The first-order valence-corrected chi connectivity index (χ1v) is 5.54. The first kappa shape index (κ1) is 10.3. The Morgan fingerprint density at radius 3 is 3.07 bits per heavy atom. The van der Waals surface area contributed by atoms with E-state index in [9.17, 15) is 0 Å². The summed E-state index contributed by atoms with van der Waals surface area (Å²) in [6.45, 7) is 2.34. The number of rotatable bonds is 2. The van der Waals surface area contributed by atoms with Gasteiger partial charge in [-0.05, 0) is 44.6 Å². The van der Waals surface area contributed by atoms with E-state index in [1.807, 2.05) is 18.2 Å². The molecule has 0 amide bonds. The molecule has 3 nitrogen and oxygen atoms in total. The largest absolute Gasteiger partial charge is 0.399 e. The molecule has 1 aliphatic rings. The lowest BCUT2D eigenvalue weighted by atomic mass is 10.1. The maximum absolute atomic E-state index is 5.74. The third-order valence-electron chi connectivity index (χ3n) is 2.88. The van der Waals surface area contributed by atoms with Crippen molar-refractivity contribution in [2.75, 3.05) is 31.2 Å². The second-order valence-corrected chi connectivity index (χ2v) is 4.37. The minimum atomic E-state index is 0.561. The molecule has 3 N–H and O–H groups in total. The molecule has 0 bridgehead atoms. The van der Waals surface area contributed by atoms with Crippen LogP contribution in [0, 0.1) is 0 Å².